The van der Waals surface area contributed by atoms with Gasteiger partial charge in [-0.1, -0.05) is 30.4 Å². The number of hydrogen-bond donors (Lipinski definition) is 0. The van der Waals surface area contributed by atoms with Crippen LogP contribution in [0.5, 0.6) is 5.75 Å². The van der Waals surface area contributed by atoms with Crippen molar-refractivity contribution in [3.8, 4) is 16.9 Å². The van der Waals surface area contributed by atoms with E-state index in [4.69, 9.17) is 9.47 Å². The zero-order valence-electron chi connectivity index (χ0n) is 17.8. The highest BCUT2D eigenvalue weighted by Crippen LogP contribution is 2.39. The number of benzene rings is 2. The van der Waals surface area contributed by atoms with Crippen molar-refractivity contribution in [2.45, 2.75) is 57.7 Å². The summed E-state index contributed by atoms with van der Waals surface area (Å²) in [5.74, 6) is -1.86. The van der Waals surface area contributed by atoms with Crippen molar-refractivity contribution < 1.29 is 27.0 Å². The molecule has 6 heteroatoms. The largest absolute Gasteiger partial charge is 0.497 e. The van der Waals surface area contributed by atoms with Crippen LogP contribution in [0.3, 0.4) is 0 Å². The normalized spacial score (nSPS) is 19.7. The Hall–Kier alpha value is -2.34. The number of alkyl halides is 2. The molecule has 0 bridgehead atoms. The first kappa shape index (κ1) is 23.3. The summed E-state index contributed by atoms with van der Waals surface area (Å²) >= 11 is 0. The predicted molar refractivity (Wildman–Crippen MR) is 113 cm³/mol. The maximum atomic E-state index is 14.7. The molecule has 31 heavy (non-hydrogen) atoms. The Morgan fingerprint density at radius 1 is 0.968 bits per heavy atom. The quantitative estimate of drug-likeness (QED) is 0.313. The topological polar surface area (TPSA) is 18.5 Å². The van der Waals surface area contributed by atoms with Gasteiger partial charge in [-0.3, -0.25) is 0 Å². The van der Waals surface area contributed by atoms with Gasteiger partial charge >= 0.3 is 6.11 Å². The van der Waals surface area contributed by atoms with Crippen LogP contribution in [-0.4, -0.2) is 13.2 Å². The van der Waals surface area contributed by atoms with Gasteiger partial charge in [-0.15, -0.1) is 0 Å². The molecule has 3 rings (SSSR count). The zero-order valence-corrected chi connectivity index (χ0v) is 17.8. The molecule has 0 atom stereocenters. The lowest BCUT2D eigenvalue weighted by atomic mass is 9.84. The Morgan fingerprint density at radius 3 is 2.26 bits per heavy atom. The average molecular weight is 436 g/mol. The molecule has 1 aliphatic carbocycles. The van der Waals surface area contributed by atoms with Gasteiger partial charge in [-0.25, -0.2) is 8.78 Å². The number of halogens is 4. The van der Waals surface area contributed by atoms with Gasteiger partial charge in [0.2, 0.25) is 0 Å². The summed E-state index contributed by atoms with van der Waals surface area (Å²) in [7, 11) is 1.49. The molecule has 168 valence electrons. The highest BCUT2D eigenvalue weighted by molar-refractivity contribution is 5.65. The van der Waals surface area contributed by atoms with Gasteiger partial charge in [0.1, 0.15) is 5.75 Å². The van der Waals surface area contributed by atoms with E-state index in [0.717, 1.165) is 37.8 Å². The Balaban J connectivity index is 1.69. The Labute approximate surface area is 180 Å². The highest BCUT2D eigenvalue weighted by Gasteiger charge is 2.41. The van der Waals surface area contributed by atoms with Crippen LogP contribution in [0.2, 0.25) is 0 Å². The fourth-order valence-corrected chi connectivity index (χ4v) is 4.08. The van der Waals surface area contributed by atoms with Crippen LogP contribution >= 0.6 is 0 Å². The first-order valence-electron chi connectivity index (χ1n) is 10.7. The van der Waals surface area contributed by atoms with Crippen LogP contribution in [0.15, 0.2) is 48.6 Å². The van der Waals surface area contributed by atoms with Crippen LogP contribution in [0.25, 0.3) is 11.1 Å². The van der Waals surface area contributed by atoms with Gasteiger partial charge in [0, 0.05) is 5.56 Å². The molecule has 0 aliphatic heterocycles. The third kappa shape index (κ3) is 5.67. The number of methoxy groups -OCH3 is 1. The van der Waals surface area contributed by atoms with Gasteiger partial charge in [-0.2, -0.15) is 8.78 Å². The van der Waals surface area contributed by atoms with E-state index in [-0.39, 0.29) is 5.56 Å². The average Bonchev–Trinajstić information content (AvgIpc) is 2.77. The minimum Gasteiger partial charge on any atom is -0.497 e. The summed E-state index contributed by atoms with van der Waals surface area (Å²) in [6.07, 6.45) is 4.12. The molecular weight excluding hydrogens is 408 g/mol. The van der Waals surface area contributed by atoms with Crippen LogP contribution in [0.1, 0.15) is 51.0 Å². The lowest BCUT2D eigenvalue weighted by Gasteiger charge is -2.31. The molecule has 0 radical (unpaired) electrons. The van der Waals surface area contributed by atoms with Crippen LogP contribution in [0, 0.1) is 17.6 Å². The molecule has 0 N–H and O–H groups in total. The SMILES string of the molecule is C/C=C/CCC1CCC(OC(F)(F)c2ccc(-c3ccc(OC)cc3)c(F)c2F)CC1. The van der Waals surface area contributed by atoms with Crippen molar-refractivity contribution in [2.24, 2.45) is 5.92 Å². The van der Waals surface area contributed by atoms with Crippen molar-refractivity contribution in [1.29, 1.82) is 0 Å². The minimum atomic E-state index is -3.90. The fourth-order valence-electron chi connectivity index (χ4n) is 4.08. The molecule has 0 amide bonds. The molecule has 1 saturated carbocycles. The van der Waals surface area contributed by atoms with E-state index >= 15 is 0 Å². The minimum absolute atomic E-state index is 0.0960. The van der Waals surface area contributed by atoms with Crippen molar-refractivity contribution in [3.63, 3.8) is 0 Å². The molecule has 1 fully saturated rings. The van der Waals surface area contributed by atoms with E-state index in [2.05, 4.69) is 6.08 Å². The predicted octanol–water partition coefficient (Wildman–Crippen LogP) is 7.62. The summed E-state index contributed by atoms with van der Waals surface area (Å²) in [5, 5.41) is 0. The first-order valence-corrected chi connectivity index (χ1v) is 10.7. The third-order valence-electron chi connectivity index (χ3n) is 5.88. The van der Waals surface area contributed by atoms with Crippen molar-refractivity contribution in [1.82, 2.24) is 0 Å². The van der Waals surface area contributed by atoms with Crippen molar-refractivity contribution in [2.75, 3.05) is 7.11 Å². The molecule has 2 aromatic rings. The lowest BCUT2D eigenvalue weighted by molar-refractivity contribution is -0.279. The standard InChI is InChI=1S/C25H28F4O2/c1-3-4-5-6-17-7-11-20(12-8-17)31-25(28,29)22-16-15-21(23(26)24(22)27)18-9-13-19(30-2)14-10-18/h3-4,9-10,13-17,20H,5-8,11-12H2,1-2H3/b4-3+. The molecular formula is C25H28F4O2. The van der Waals surface area contributed by atoms with Gasteiger partial charge in [-0.05, 0) is 75.1 Å². The monoisotopic (exact) mass is 436 g/mol. The smallest absolute Gasteiger partial charge is 0.386 e. The molecule has 1 aliphatic rings. The van der Waals surface area contributed by atoms with E-state index < -0.39 is 29.4 Å². The molecule has 0 heterocycles. The van der Waals surface area contributed by atoms with Gasteiger partial charge in [0.15, 0.2) is 11.6 Å². The second kappa shape index (κ2) is 10.3. The third-order valence-corrected chi connectivity index (χ3v) is 5.88. The summed E-state index contributed by atoms with van der Waals surface area (Å²) in [6, 6.07) is 8.32. The fraction of sp³-hybridized carbons (Fsp3) is 0.440. The van der Waals surface area contributed by atoms with Crippen LogP contribution in [0.4, 0.5) is 17.6 Å². The second-order valence-electron chi connectivity index (χ2n) is 7.94. The number of rotatable bonds is 8. The lowest BCUT2D eigenvalue weighted by Crippen LogP contribution is -2.30. The number of allylic oxidation sites excluding steroid dienone is 2. The maximum Gasteiger partial charge on any atom is 0.386 e. The van der Waals surface area contributed by atoms with Gasteiger partial charge in [0.05, 0.1) is 18.8 Å². The molecule has 0 spiro atoms. The van der Waals surface area contributed by atoms with Gasteiger partial charge < -0.3 is 9.47 Å². The number of hydrogen-bond acceptors (Lipinski definition) is 2. The van der Waals surface area contributed by atoms with Crippen molar-refractivity contribution >= 4 is 0 Å². The summed E-state index contributed by atoms with van der Waals surface area (Å²) < 4.78 is 68.7. The Bertz CT molecular complexity index is 885. The summed E-state index contributed by atoms with van der Waals surface area (Å²) in [4.78, 5) is 0. The highest BCUT2D eigenvalue weighted by atomic mass is 19.3. The van der Waals surface area contributed by atoms with E-state index in [9.17, 15) is 17.6 Å². The maximum absolute atomic E-state index is 14.7. The first-order chi connectivity index (χ1) is 14.9. The molecule has 2 aromatic carbocycles. The summed E-state index contributed by atoms with van der Waals surface area (Å²) in [6.45, 7) is 1.97. The Morgan fingerprint density at radius 2 is 1.65 bits per heavy atom. The van der Waals surface area contributed by atoms with E-state index in [1.54, 1.807) is 24.3 Å². The zero-order chi connectivity index (χ0) is 22.4. The summed E-state index contributed by atoms with van der Waals surface area (Å²) in [5.41, 5.74) is -0.803. The molecule has 0 saturated heterocycles. The van der Waals surface area contributed by atoms with Gasteiger partial charge in [0.25, 0.3) is 0 Å². The Kier molecular flexibility index (Phi) is 7.76. The van der Waals surface area contributed by atoms with E-state index in [0.29, 0.717) is 30.1 Å². The molecule has 0 unspecified atom stereocenters. The van der Waals surface area contributed by atoms with Crippen molar-refractivity contribution in [3.05, 3.63) is 65.7 Å². The second-order valence-corrected chi connectivity index (χ2v) is 7.94. The van der Waals surface area contributed by atoms with Crippen LogP contribution < -0.4 is 4.74 Å². The van der Waals surface area contributed by atoms with Crippen LogP contribution in [-0.2, 0) is 10.8 Å². The van der Waals surface area contributed by atoms with E-state index in [1.165, 1.54) is 7.11 Å². The molecule has 2 nitrogen and oxygen atoms in total. The number of ether oxygens (including phenoxy) is 2. The molecule has 0 aromatic heterocycles. The van der Waals surface area contributed by atoms with E-state index in [1.807, 2.05) is 13.0 Å².